The molecule has 1 rings (SSSR count). The number of aryl methyl sites for hydroxylation is 2. The topological polar surface area (TPSA) is 58.4 Å². The molecule has 5 heteroatoms. The van der Waals surface area contributed by atoms with Gasteiger partial charge in [0.15, 0.2) is 0 Å². The van der Waals surface area contributed by atoms with Gasteiger partial charge in [-0.1, -0.05) is 20.3 Å². The summed E-state index contributed by atoms with van der Waals surface area (Å²) in [4.78, 5) is 13.0. The van der Waals surface area contributed by atoms with Crippen LogP contribution in [0.4, 0.5) is 5.82 Å². The smallest absolute Gasteiger partial charge is 0.328 e. The molecule has 1 atom stereocenters. The zero-order valence-electron chi connectivity index (χ0n) is 13.1. The van der Waals surface area contributed by atoms with Crippen LogP contribution < -0.4 is 4.90 Å². The van der Waals surface area contributed by atoms with Gasteiger partial charge in [0.25, 0.3) is 0 Å². The van der Waals surface area contributed by atoms with Crippen LogP contribution in [0.1, 0.15) is 38.4 Å². The summed E-state index contributed by atoms with van der Waals surface area (Å²) in [5, 5.41) is 13.2. The highest BCUT2D eigenvalue weighted by atomic mass is 16.4. The van der Waals surface area contributed by atoms with Crippen molar-refractivity contribution < 1.29 is 9.90 Å². The largest absolute Gasteiger partial charge is 0.478 e. The fraction of sp³-hybridized carbons (Fsp3) is 0.600. The number of hydrogen-bond acceptors (Lipinski definition) is 3. The number of rotatable bonds is 7. The van der Waals surface area contributed by atoms with Crippen molar-refractivity contribution in [3.05, 3.63) is 17.3 Å². The molecule has 1 aromatic heterocycles. The summed E-state index contributed by atoms with van der Waals surface area (Å²) in [6.07, 6.45) is 3.93. The number of carboxylic acids is 1. The van der Waals surface area contributed by atoms with Gasteiger partial charge >= 0.3 is 5.97 Å². The molecule has 0 bridgehead atoms. The molecule has 1 heterocycles. The Labute approximate surface area is 120 Å². The molecule has 0 saturated carbocycles. The molecule has 20 heavy (non-hydrogen) atoms. The molecule has 0 aliphatic carbocycles. The molecule has 0 aromatic carbocycles. The van der Waals surface area contributed by atoms with Crippen LogP contribution >= 0.6 is 0 Å². The molecule has 0 aliphatic rings. The monoisotopic (exact) mass is 279 g/mol. The van der Waals surface area contributed by atoms with Crippen molar-refractivity contribution >= 4 is 17.9 Å². The number of hydrogen-bond donors (Lipinski definition) is 1. The summed E-state index contributed by atoms with van der Waals surface area (Å²) < 4.78 is 1.84. The lowest BCUT2D eigenvalue weighted by Crippen LogP contribution is -2.30. The average molecular weight is 279 g/mol. The average Bonchev–Trinajstić information content (AvgIpc) is 2.67. The molecule has 0 fully saturated rings. The van der Waals surface area contributed by atoms with Crippen LogP contribution in [0.15, 0.2) is 6.08 Å². The summed E-state index contributed by atoms with van der Waals surface area (Å²) in [6.45, 7) is 10.2. The van der Waals surface area contributed by atoms with E-state index in [0.717, 1.165) is 36.6 Å². The maximum Gasteiger partial charge on any atom is 0.328 e. The fourth-order valence-corrected chi connectivity index (χ4v) is 2.26. The highest BCUT2D eigenvalue weighted by Gasteiger charge is 2.18. The van der Waals surface area contributed by atoms with Gasteiger partial charge in [0, 0.05) is 31.8 Å². The predicted molar refractivity (Wildman–Crippen MR) is 82.0 cm³/mol. The van der Waals surface area contributed by atoms with Crippen LogP contribution in [0.5, 0.6) is 0 Å². The number of anilines is 1. The molecule has 0 radical (unpaired) electrons. The first-order chi connectivity index (χ1) is 9.40. The van der Waals surface area contributed by atoms with Gasteiger partial charge in [0.2, 0.25) is 0 Å². The molecule has 0 aliphatic heterocycles. The second-order valence-electron chi connectivity index (χ2n) is 5.17. The zero-order chi connectivity index (χ0) is 15.3. The van der Waals surface area contributed by atoms with E-state index >= 15 is 0 Å². The van der Waals surface area contributed by atoms with Gasteiger partial charge in [0.1, 0.15) is 5.82 Å². The highest BCUT2D eigenvalue weighted by Crippen LogP contribution is 2.25. The maximum atomic E-state index is 10.7. The van der Waals surface area contributed by atoms with Crippen molar-refractivity contribution in [1.29, 1.82) is 0 Å². The zero-order valence-corrected chi connectivity index (χ0v) is 13.1. The Morgan fingerprint density at radius 3 is 2.65 bits per heavy atom. The standard InChI is InChI=1S/C15H25N3O2/c1-6-11(3)10-18(7-2)15-13(8-9-14(19)20)12(4)16-17(15)5/h8-9,11H,6-7,10H2,1-5H3,(H,19,20). The number of aromatic nitrogens is 2. The molecule has 0 saturated heterocycles. The van der Waals surface area contributed by atoms with Crippen LogP contribution in [0.2, 0.25) is 0 Å². The van der Waals surface area contributed by atoms with Crippen LogP contribution in [-0.2, 0) is 11.8 Å². The minimum Gasteiger partial charge on any atom is -0.478 e. The predicted octanol–water partition coefficient (Wildman–Crippen LogP) is 2.70. The Kier molecular flexibility index (Phi) is 5.80. The van der Waals surface area contributed by atoms with E-state index in [1.54, 1.807) is 6.08 Å². The van der Waals surface area contributed by atoms with Crippen molar-refractivity contribution in [2.75, 3.05) is 18.0 Å². The summed E-state index contributed by atoms with van der Waals surface area (Å²) in [5.74, 6) is 0.633. The first kappa shape index (κ1) is 16.3. The van der Waals surface area contributed by atoms with Crippen molar-refractivity contribution in [3.8, 4) is 0 Å². The molecule has 1 aromatic rings. The van der Waals surface area contributed by atoms with Crippen LogP contribution in [0, 0.1) is 12.8 Å². The molecule has 5 nitrogen and oxygen atoms in total. The van der Waals surface area contributed by atoms with E-state index in [1.807, 2.05) is 18.7 Å². The van der Waals surface area contributed by atoms with E-state index in [1.165, 1.54) is 6.08 Å². The third kappa shape index (κ3) is 3.85. The lowest BCUT2D eigenvalue weighted by atomic mass is 10.1. The summed E-state index contributed by atoms with van der Waals surface area (Å²) in [6, 6.07) is 0. The summed E-state index contributed by atoms with van der Waals surface area (Å²) >= 11 is 0. The van der Waals surface area contributed by atoms with Crippen molar-refractivity contribution in [1.82, 2.24) is 9.78 Å². The Morgan fingerprint density at radius 1 is 1.50 bits per heavy atom. The quantitative estimate of drug-likeness (QED) is 0.780. The second-order valence-corrected chi connectivity index (χ2v) is 5.17. The SMILES string of the molecule is CCC(C)CN(CC)c1c(C=CC(=O)O)c(C)nn1C. The number of carboxylic acid groups (broad SMARTS) is 1. The Hall–Kier alpha value is -1.78. The molecular weight excluding hydrogens is 254 g/mol. The van der Waals surface area contributed by atoms with Gasteiger partial charge in [0.05, 0.1) is 5.69 Å². The molecule has 0 spiro atoms. The third-order valence-electron chi connectivity index (χ3n) is 3.54. The van der Waals surface area contributed by atoms with E-state index in [0.29, 0.717) is 5.92 Å². The van der Waals surface area contributed by atoms with Gasteiger partial charge in [-0.05, 0) is 25.8 Å². The van der Waals surface area contributed by atoms with Crippen molar-refractivity contribution in [2.24, 2.45) is 13.0 Å². The molecule has 1 N–H and O–H groups in total. The van der Waals surface area contributed by atoms with Crippen LogP contribution in [-0.4, -0.2) is 33.9 Å². The molecule has 0 amide bonds. The van der Waals surface area contributed by atoms with Gasteiger partial charge < -0.3 is 10.0 Å². The first-order valence-corrected chi connectivity index (χ1v) is 7.10. The first-order valence-electron chi connectivity index (χ1n) is 7.10. The van der Waals surface area contributed by atoms with Gasteiger partial charge in [-0.2, -0.15) is 5.10 Å². The number of aliphatic carboxylic acids is 1. The number of nitrogens with zero attached hydrogens (tertiary/aromatic N) is 3. The Balaban J connectivity index is 3.17. The highest BCUT2D eigenvalue weighted by molar-refractivity contribution is 5.87. The van der Waals surface area contributed by atoms with E-state index in [-0.39, 0.29) is 0 Å². The minimum absolute atomic E-state index is 0.585. The van der Waals surface area contributed by atoms with E-state index in [2.05, 4.69) is 30.8 Å². The van der Waals surface area contributed by atoms with Gasteiger partial charge in [-0.15, -0.1) is 0 Å². The summed E-state index contributed by atoms with van der Waals surface area (Å²) in [5.41, 5.74) is 1.74. The van der Waals surface area contributed by atoms with E-state index in [9.17, 15) is 4.79 Å². The maximum absolute atomic E-state index is 10.7. The van der Waals surface area contributed by atoms with E-state index in [4.69, 9.17) is 5.11 Å². The normalized spacial score (nSPS) is 12.8. The van der Waals surface area contributed by atoms with Crippen LogP contribution in [0.3, 0.4) is 0 Å². The fourth-order valence-electron chi connectivity index (χ4n) is 2.26. The van der Waals surface area contributed by atoms with Gasteiger partial charge in [-0.25, -0.2) is 4.79 Å². The van der Waals surface area contributed by atoms with Crippen LogP contribution in [0.25, 0.3) is 6.08 Å². The van der Waals surface area contributed by atoms with Crippen molar-refractivity contribution in [2.45, 2.75) is 34.1 Å². The number of carbonyl (C=O) groups is 1. The van der Waals surface area contributed by atoms with Gasteiger partial charge in [-0.3, -0.25) is 4.68 Å². The third-order valence-corrected chi connectivity index (χ3v) is 3.54. The van der Waals surface area contributed by atoms with Crippen molar-refractivity contribution in [3.63, 3.8) is 0 Å². The lowest BCUT2D eigenvalue weighted by Gasteiger charge is -2.26. The summed E-state index contributed by atoms with van der Waals surface area (Å²) in [7, 11) is 1.90. The second kappa shape index (κ2) is 7.12. The Bertz CT molecular complexity index is 492. The molecule has 112 valence electrons. The molecule has 1 unspecified atom stereocenters. The minimum atomic E-state index is -0.941. The Morgan fingerprint density at radius 2 is 2.15 bits per heavy atom. The lowest BCUT2D eigenvalue weighted by molar-refractivity contribution is -0.131. The van der Waals surface area contributed by atoms with E-state index < -0.39 is 5.97 Å². The molecular formula is C15H25N3O2.